The number of carbonyl (C=O) groups excluding carboxylic acids is 2. The molecule has 0 spiro atoms. The Morgan fingerprint density at radius 3 is 0.947 bits per heavy atom. The molecule has 0 saturated carbocycles. The lowest BCUT2D eigenvalue weighted by atomic mass is 10.0. The van der Waals surface area contributed by atoms with Gasteiger partial charge in [-0.25, -0.2) is 0 Å². The van der Waals surface area contributed by atoms with Crippen molar-refractivity contribution in [3.05, 3.63) is 12.2 Å². The van der Waals surface area contributed by atoms with Gasteiger partial charge in [-0.05, 0) is 51.4 Å². The van der Waals surface area contributed by atoms with Gasteiger partial charge in [-0.2, -0.15) is 0 Å². The van der Waals surface area contributed by atoms with E-state index in [1.165, 1.54) is 315 Å². The maximum atomic E-state index is 12.5. The summed E-state index contributed by atoms with van der Waals surface area (Å²) < 4.78 is 5.51. The second-order valence-corrected chi connectivity index (χ2v) is 23.9. The van der Waals surface area contributed by atoms with Gasteiger partial charge in [0, 0.05) is 12.8 Å². The number of amides is 1. The normalized spacial score (nSPS) is 12.5. The van der Waals surface area contributed by atoms with Crippen molar-refractivity contribution in [2.24, 2.45) is 0 Å². The number of allylic oxidation sites excluding steroid dienone is 2. The van der Waals surface area contributed by atoms with Crippen LogP contribution in [0.25, 0.3) is 0 Å². The molecule has 6 heteroatoms. The standard InChI is InChI=1S/C69H135NO5/c1-3-5-7-9-11-13-15-17-19-20-32-35-39-43-47-51-55-59-63-69(74)75-64-60-56-52-48-44-40-36-33-30-28-26-24-22-21-23-25-27-29-31-34-38-42-46-50-54-58-62-68(73)70-66(65-71)67(72)61-57-53-49-45-41-37-18-16-14-12-10-8-6-4-2/h19-20,66-67,71-72H,3-18,21-65H2,1-2H3,(H,70,73)/b20-19-. The van der Waals surface area contributed by atoms with Crippen LogP contribution in [0.2, 0.25) is 0 Å². The van der Waals surface area contributed by atoms with Gasteiger partial charge in [0.1, 0.15) is 0 Å². The van der Waals surface area contributed by atoms with Crippen LogP contribution in [0.5, 0.6) is 0 Å². The van der Waals surface area contributed by atoms with E-state index in [0.29, 0.717) is 25.9 Å². The zero-order valence-corrected chi connectivity index (χ0v) is 51.1. The molecule has 0 aliphatic rings. The van der Waals surface area contributed by atoms with Crippen LogP contribution < -0.4 is 5.32 Å². The molecule has 75 heavy (non-hydrogen) atoms. The minimum absolute atomic E-state index is 0.0153. The number of hydrogen-bond donors (Lipinski definition) is 3. The maximum Gasteiger partial charge on any atom is 0.305 e. The third kappa shape index (κ3) is 61.7. The third-order valence-electron chi connectivity index (χ3n) is 16.3. The second kappa shape index (κ2) is 65.1. The van der Waals surface area contributed by atoms with Gasteiger partial charge in [-0.3, -0.25) is 9.59 Å². The van der Waals surface area contributed by atoms with E-state index in [9.17, 15) is 19.8 Å². The first-order valence-corrected chi connectivity index (χ1v) is 34.4. The highest BCUT2D eigenvalue weighted by molar-refractivity contribution is 5.76. The van der Waals surface area contributed by atoms with E-state index in [1.54, 1.807) is 0 Å². The Morgan fingerprint density at radius 1 is 0.360 bits per heavy atom. The molecule has 0 aromatic heterocycles. The Bertz CT molecular complexity index is 1130. The largest absolute Gasteiger partial charge is 0.466 e. The number of nitrogens with one attached hydrogen (secondary N) is 1. The average molecular weight is 1060 g/mol. The van der Waals surface area contributed by atoms with E-state index in [0.717, 1.165) is 44.9 Å². The van der Waals surface area contributed by atoms with Gasteiger partial charge in [0.05, 0.1) is 25.4 Å². The van der Waals surface area contributed by atoms with Crippen molar-refractivity contribution in [2.45, 2.75) is 405 Å². The Morgan fingerprint density at radius 2 is 0.627 bits per heavy atom. The first-order valence-electron chi connectivity index (χ1n) is 34.4. The number of aliphatic hydroxyl groups is 2. The highest BCUT2D eigenvalue weighted by Gasteiger charge is 2.20. The molecule has 0 aliphatic heterocycles. The molecular weight excluding hydrogens is 923 g/mol. The van der Waals surface area contributed by atoms with Crippen LogP contribution in [0, 0.1) is 0 Å². The fourth-order valence-corrected chi connectivity index (χ4v) is 11.1. The van der Waals surface area contributed by atoms with Gasteiger partial charge in [-0.15, -0.1) is 0 Å². The van der Waals surface area contributed by atoms with E-state index >= 15 is 0 Å². The van der Waals surface area contributed by atoms with Crippen molar-refractivity contribution in [2.75, 3.05) is 13.2 Å². The molecule has 0 heterocycles. The molecule has 0 aromatic rings. The summed E-state index contributed by atoms with van der Waals surface area (Å²) in [6.45, 7) is 4.98. The number of carbonyl (C=O) groups is 2. The smallest absolute Gasteiger partial charge is 0.305 e. The lowest BCUT2D eigenvalue weighted by Gasteiger charge is -2.22. The van der Waals surface area contributed by atoms with Crippen molar-refractivity contribution in [3.63, 3.8) is 0 Å². The average Bonchev–Trinajstić information content (AvgIpc) is 3.41. The topological polar surface area (TPSA) is 95.9 Å². The molecule has 0 radical (unpaired) electrons. The fraction of sp³-hybridized carbons (Fsp3) is 0.942. The van der Waals surface area contributed by atoms with Gasteiger partial charge in [-0.1, -0.05) is 341 Å². The number of esters is 1. The van der Waals surface area contributed by atoms with E-state index in [4.69, 9.17) is 4.74 Å². The van der Waals surface area contributed by atoms with Crippen molar-refractivity contribution in [1.29, 1.82) is 0 Å². The molecule has 0 saturated heterocycles. The van der Waals surface area contributed by atoms with Gasteiger partial charge in [0.25, 0.3) is 0 Å². The highest BCUT2D eigenvalue weighted by atomic mass is 16.5. The summed E-state index contributed by atoms with van der Waals surface area (Å²) in [4.78, 5) is 24.6. The molecule has 0 bridgehead atoms. The van der Waals surface area contributed by atoms with Crippen molar-refractivity contribution >= 4 is 11.9 Å². The number of rotatable bonds is 65. The van der Waals surface area contributed by atoms with Crippen molar-refractivity contribution in [1.82, 2.24) is 5.32 Å². The van der Waals surface area contributed by atoms with Gasteiger partial charge < -0.3 is 20.3 Å². The van der Waals surface area contributed by atoms with Gasteiger partial charge in [0.2, 0.25) is 5.91 Å². The Kier molecular flexibility index (Phi) is 63.9. The number of aliphatic hydroxyl groups excluding tert-OH is 2. The third-order valence-corrected chi connectivity index (χ3v) is 16.3. The van der Waals surface area contributed by atoms with Crippen LogP contribution in [-0.2, 0) is 14.3 Å². The van der Waals surface area contributed by atoms with E-state index in [2.05, 4.69) is 31.3 Å². The molecule has 3 N–H and O–H groups in total. The summed E-state index contributed by atoms with van der Waals surface area (Å²) in [6, 6.07) is -0.539. The molecule has 446 valence electrons. The Balaban J connectivity index is 3.33. The fourth-order valence-electron chi connectivity index (χ4n) is 11.1. The first kappa shape index (κ1) is 73.6. The van der Waals surface area contributed by atoms with Crippen LogP contribution in [0.15, 0.2) is 12.2 Å². The minimum atomic E-state index is -0.661. The van der Waals surface area contributed by atoms with Gasteiger partial charge >= 0.3 is 5.97 Å². The van der Waals surface area contributed by atoms with Crippen LogP contribution >= 0.6 is 0 Å². The number of ether oxygens (including phenoxy) is 1. The summed E-state index contributed by atoms with van der Waals surface area (Å²) in [7, 11) is 0. The highest BCUT2D eigenvalue weighted by Crippen LogP contribution is 2.19. The molecule has 0 aromatic carbocycles. The lowest BCUT2D eigenvalue weighted by molar-refractivity contribution is -0.143. The van der Waals surface area contributed by atoms with Crippen molar-refractivity contribution < 1.29 is 24.5 Å². The monoisotopic (exact) mass is 1060 g/mol. The quantitative estimate of drug-likeness (QED) is 0.0320. The van der Waals surface area contributed by atoms with Gasteiger partial charge in [0.15, 0.2) is 0 Å². The lowest BCUT2D eigenvalue weighted by Crippen LogP contribution is -2.45. The maximum absolute atomic E-state index is 12.5. The summed E-state index contributed by atoms with van der Waals surface area (Å²) in [5, 5.41) is 23.3. The molecular formula is C69H135NO5. The summed E-state index contributed by atoms with van der Waals surface area (Å²) in [6.07, 6.45) is 79.7. The van der Waals surface area contributed by atoms with E-state index in [-0.39, 0.29) is 18.5 Å². The molecule has 0 rings (SSSR count). The minimum Gasteiger partial charge on any atom is -0.466 e. The zero-order chi connectivity index (χ0) is 54.3. The van der Waals surface area contributed by atoms with Crippen LogP contribution in [-0.4, -0.2) is 47.4 Å². The predicted molar refractivity (Wildman–Crippen MR) is 329 cm³/mol. The molecule has 6 nitrogen and oxygen atoms in total. The molecule has 0 fully saturated rings. The molecule has 2 atom stereocenters. The second-order valence-electron chi connectivity index (χ2n) is 23.9. The summed E-state index contributed by atoms with van der Waals surface area (Å²) in [5.74, 6) is -0.0147. The molecule has 1 amide bonds. The van der Waals surface area contributed by atoms with E-state index in [1.807, 2.05) is 0 Å². The number of hydrogen-bond acceptors (Lipinski definition) is 5. The molecule has 0 aliphatic carbocycles. The Labute approximate surface area is 469 Å². The SMILES string of the molecule is CCCCCCCCC/C=C\CCCCCCCCCC(=O)OCCCCCCCCCCCCCCCCCCCCCCCCCCCCC(=O)NC(CO)C(O)CCCCCCCCCCCCCCCC. The number of unbranched alkanes of at least 4 members (excludes halogenated alkanes) is 52. The Hall–Kier alpha value is -1.40. The van der Waals surface area contributed by atoms with E-state index < -0.39 is 12.1 Å². The first-order chi connectivity index (χ1) is 37.0. The zero-order valence-electron chi connectivity index (χ0n) is 51.1. The predicted octanol–water partition coefficient (Wildman–Crippen LogP) is 22.0. The van der Waals surface area contributed by atoms with Crippen LogP contribution in [0.3, 0.4) is 0 Å². The van der Waals surface area contributed by atoms with Crippen molar-refractivity contribution in [3.8, 4) is 0 Å². The summed E-state index contributed by atoms with van der Waals surface area (Å²) in [5.41, 5.74) is 0. The van der Waals surface area contributed by atoms with Crippen LogP contribution in [0.4, 0.5) is 0 Å². The van der Waals surface area contributed by atoms with Crippen LogP contribution in [0.1, 0.15) is 393 Å². The summed E-state index contributed by atoms with van der Waals surface area (Å²) >= 11 is 0. The molecule has 2 unspecified atom stereocenters.